The van der Waals surface area contributed by atoms with E-state index in [4.69, 9.17) is 0 Å². The molecule has 2 saturated carbocycles. The maximum atomic E-state index is 3.75. The Morgan fingerprint density at radius 1 is 1.12 bits per heavy atom. The molecule has 0 radical (unpaired) electrons. The van der Waals surface area contributed by atoms with Crippen LogP contribution in [0.5, 0.6) is 0 Å². The van der Waals surface area contributed by atoms with Crippen molar-refractivity contribution in [2.24, 2.45) is 5.92 Å². The highest BCUT2D eigenvalue weighted by molar-refractivity contribution is 4.97. The minimum Gasteiger partial charge on any atom is -0.311 e. The minimum absolute atomic E-state index is 0.760. The third-order valence-corrected chi connectivity index (χ3v) is 4.93. The van der Waals surface area contributed by atoms with Gasteiger partial charge >= 0.3 is 0 Å². The van der Waals surface area contributed by atoms with Crippen LogP contribution in [0.25, 0.3) is 0 Å². The molecule has 3 rings (SSSR count). The number of hydrogen-bond acceptors (Lipinski definition) is 2. The topological polar surface area (TPSA) is 15.3 Å². The molecule has 2 unspecified atom stereocenters. The molecule has 0 aromatic heterocycles. The largest absolute Gasteiger partial charge is 0.311 e. The average molecular weight is 222 g/mol. The second-order valence-corrected chi connectivity index (χ2v) is 6.05. The van der Waals surface area contributed by atoms with E-state index in [-0.39, 0.29) is 0 Å². The van der Waals surface area contributed by atoms with E-state index in [0.717, 1.165) is 24.0 Å². The summed E-state index contributed by atoms with van der Waals surface area (Å²) in [4.78, 5) is 2.90. The fourth-order valence-corrected chi connectivity index (χ4v) is 3.71. The molecule has 0 aromatic carbocycles. The van der Waals surface area contributed by atoms with Crippen molar-refractivity contribution in [2.45, 2.75) is 70.0 Å². The van der Waals surface area contributed by atoms with Gasteiger partial charge in [-0.05, 0) is 38.0 Å². The standard InChI is InChI=1S/C14H26N2/c1-2-12-10-16(13-5-3-4-6-13)14(9-15-12)11-7-8-11/h11-15H,2-10H2,1H3. The van der Waals surface area contributed by atoms with Crippen molar-refractivity contribution in [3.8, 4) is 0 Å². The molecule has 1 saturated heterocycles. The molecule has 2 nitrogen and oxygen atoms in total. The Hall–Kier alpha value is -0.0800. The van der Waals surface area contributed by atoms with E-state index in [1.54, 1.807) is 0 Å². The summed E-state index contributed by atoms with van der Waals surface area (Å²) < 4.78 is 0. The number of rotatable bonds is 3. The van der Waals surface area contributed by atoms with Gasteiger partial charge in [-0.1, -0.05) is 19.8 Å². The van der Waals surface area contributed by atoms with Gasteiger partial charge in [-0.2, -0.15) is 0 Å². The van der Waals surface area contributed by atoms with E-state index in [1.807, 2.05) is 0 Å². The molecular weight excluding hydrogens is 196 g/mol. The fraction of sp³-hybridized carbons (Fsp3) is 1.00. The lowest BCUT2D eigenvalue weighted by Crippen LogP contribution is -2.59. The average Bonchev–Trinajstić information content (AvgIpc) is 3.03. The van der Waals surface area contributed by atoms with Crippen molar-refractivity contribution < 1.29 is 0 Å². The lowest BCUT2D eigenvalue weighted by molar-refractivity contribution is 0.0701. The van der Waals surface area contributed by atoms with E-state index in [2.05, 4.69) is 17.1 Å². The molecule has 2 heteroatoms. The molecule has 1 aliphatic heterocycles. The molecule has 3 aliphatic rings. The van der Waals surface area contributed by atoms with Crippen molar-refractivity contribution in [3.63, 3.8) is 0 Å². The maximum absolute atomic E-state index is 3.75. The Balaban J connectivity index is 1.67. The summed E-state index contributed by atoms with van der Waals surface area (Å²) in [5.74, 6) is 1.03. The molecule has 16 heavy (non-hydrogen) atoms. The Morgan fingerprint density at radius 2 is 1.88 bits per heavy atom. The summed E-state index contributed by atoms with van der Waals surface area (Å²) in [5, 5.41) is 3.75. The van der Waals surface area contributed by atoms with Crippen molar-refractivity contribution in [1.82, 2.24) is 10.2 Å². The van der Waals surface area contributed by atoms with Gasteiger partial charge in [-0.3, -0.25) is 4.90 Å². The van der Waals surface area contributed by atoms with Gasteiger partial charge in [0.1, 0.15) is 0 Å². The Morgan fingerprint density at radius 3 is 2.50 bits per heavy atom. The second kappa shape index (κ2) is 4.66. The number of piperazine rings is 1. The van der Waals surface area contributed by atoms with Gasteiger partial charge in [0.05, 0.1) is 0 Å². The highest BCUT2D eigenvalue weighted by Gasteiger charge is 2.41. The minimum atomic E-state index is 0.760. The molecule has 3 fully saturated rings. The number of hydrogen-bond donors (Lipinski definition) is 1. The molecule has 0 aromatic rings. The molecule has 2 aliphatic carbocycles. The second-order valence-electron chi connectivity index (χ2n) is 6.05. The van der Waals surface area contributed by atoms with E-state index in [0.29, 0.717) is 0 Å². The van der Waals surface area contributed by atoms with Crippen LogP contribution in [0.2, 0.25) is 0 Å². The summed E-state index contributed by atoms with van der Waals surface area (Å²) in [5.41, 5.74) is 0. The summed E-state index contributed by atoms with van der Waals surface area (Å²) in [6.07, 6.45) is 10.2. The number of nitrogens with zero attached hydrogens (tertiary/aromatic N) is 1. The highest BCUT2D eigenvalue weighted by atomic mass is 15.3. The van der Waals surface area contributed by atoms with Crippen LogP contribution in [0.1, 0.15) is 51.9 Å². The van der Waals surface area contributed by atoms with Crippen LogP contribution in [-0.2, 0) is 0 Å². The predicted molar refractivity (Wildman–Crippen MR) is 67.6 cm³/mol. The third kappa shape index (κ3) is 2.14. The van der Waals surface area contributed by atoms with Crippen LogP contribution in [0, 0.1) is 5.92 Å². The zero-order chi connectivity index (χ0) is 11.0. The highest BCUT2D eigenvalue weighted by Crippen LogP contribution is 2.39. The molecule has 1 N–H and O–H groups in total. The fourth-order valence-electron chi connectivity index (χ4n) is 3.71. The van der Waals surface area contributed by atoms with Gasteiger partial charge in [-0.15, -0.1) is 0 Å². The van der Waals surface area contributed by atoms with E-state index < -0.39 is 0 Å². The summed E-state index contributed by atoms with van der Waals surface area (Å²) >= 11 is 0. The van der Waals surface area contributed by atoms with Crippen LogP contribution in [0.3, 0.4) is 0 Å². The Kier molecular flexibility index (Phi) is 3.21. The van der Waals surface area contributed by atoms with Gasteiger partial charge in [0.25, 0.3) is 0 Å². The molecule has 0 amide bonds. The Bertz CT molecular complexity index is 231. The summed E-state index contributed by atoms with van der Waals surface area (Å²) in [7, 11) is 0. The summed E-state index contributed by atoms with van der Waals surface area (Å²) in [6.45, 7) is 4.91. The van der Waals surface area contributed by atoms with Gasteiger partial charge < -0.3 is 5.32 Å². The first-order chi connectivity index (χ1) is 7.88. The van der Waals surface area contributed by atoms with Crippen LogP contribution < -0.4 is 5.32 Å². The zero-order valence-electron chi connectivity index (χ0n) is 10.6. The van der Waals surface area contributed by atoms with Crippen LogP contribution in [0.15, 0.2) is 0 Å². The zero-order valence-corrected chi connectivity index (χ0v) is 10.6. The first kappa shape index (κ1) is 11.0. The van der Waals surface area contributed by atoms with E-state index in [1.165, 1.54) is 58.0 Å². The maximum Gasteiger partial charge on any atom is 0.0252 e. The van der Waals surface area contributed by atoms with Gasteiger partial charge in [-0.25, -0.2) is 0 Å². The van der Waals surface area contributed by atoms with Crippen LogP contribution in [0.4, 0.5) is 0 Å². The SMILES string of the molecule is CCC1CN(C2CCCC2)C(C2CC2)CN1. The monoisotopic (exact) mass is 222 g/mol. The van der Waals surface area contributed by atoms with Crippen molar-refractivity contribution >= 4 is 0 Å². The third-order valence-electron chi connectivity index (χ3n) is 4.93. The lowest BCUT2D eigenvalue weighted by atomic mass is 10.00. The predicted octanol–water partition coefficient (Wildman–Crippen LogP) is 2.39. The lowest BCUT2D eigenvalue weighted by Gasteiger charge is -2.44. The normalized spacial score (nSPS) is 38.1. The number of nitrogens with one attached hydrogen (secondary N) is 1. The van der Waals surface area contributed by atoms with Crippen molar-refractivity contribution in [1.29, 1.82) is 0 Å². The molecule has 92 valence electrons. The van der Waals surface area contributed by atoms with Gasteiger partial charge in [0, 0.05) is 31.2 Å². The molecule has 2 atom stereocenters. The molecule has 1 heterocycles. The van der Waals surface area contributed by atoms with Crippen LogP contribution in [-0.4, -0.2) is 36.1 Å². The molecule has 0 spiro atoms. The Labute approximate surface area is 99.8 Å². The quantitative estimate of drug-likeness (QED) is 0.789. The van der Waals surface area contributed by atoms with E-state index >= 15 is 0 Å². The van der Waals surface area contributed by atoms with Crippen molar-refractivity contribution in [3.05, 3.63) is 0 Å². The van der Waals surface area contributed by atoms with E-state index in [9.17, 15) is 0 Å². The first-order valence-corrected chi connectivity index (χ1v) is 7.37. The van der Waals surface area contributed by atoms with Gasteiger partial charge in [0.15, 0.2) is 0 Å². The molecule has 0 bridgehead atoms. The first-order valence-electron chi connectivity index (χ1n) is 7.37. The summed E-state index contributed by atoms with van der Waals surface area (Å²) in [6, 6.07) is 2.57. The van der Waals surface area contributed by atoms with Gasteiger partial charge in [0.2, 0.25) is 0 Å². The molecular formula is C14H26N2. The van der Waals surface area contributed by atoms with Crippen LogP contribution >= 0.6 is 0 Å². The smallest absolute Gasteiger partial charge is 0.0252 e. The van der Waals surface area contributed by atoms with Crippen molar-refractivity contribution in [2.75, 3.05) is 13.1 Å².